The van der Waals surface area contributed by atoms with Crippen LogP contribution >= 0.6 is 0 Å². The lowest BCUT2D eigenvalue weighted by Crippen LogP contribution is -2.12. The highest BCUT2D eigenvalue weighted by Crippen LogP contribution is 2.31. The van der Waals surface area contributed by atoms with Gasteiger partial charge in [-0.15, -0.1) is 0 Å². The Labute approximate surface area is 173 Å². The largest absolute Gasteiger partial charge is 0.457 e. The van der Waals surface area contributed by atoms with Crippen LogP contribution in [0.2, 0.25) is 0 Å². The van der Waals surface area contributed by atoms with E-state index >= 15 is 0 Å². The average Bonchev–Trinajstić information content (AvgIpc) is 3.20. The number of nitrogens with one attached hydrogen (secondary N) is 1. The van der Waals surface area contributed by atoms with Crippen molar-refractivity contribution in [3.63, 3.8) is 0 Å². The Hall–Kier alpha value is -3.46. The Bertz CT molecular complexity index is 1320. The lowest BCUT2D eigenvalue weighted by Gasteiger charge is -2.11. The molecule has 0 saturated carbocycles. The van der Waals surface area contributed by atoms with E-state index in [1.54, 1.807) is 36.4 Å². The third kappa shape index (κ3) is 4.11. The molecular formula is C21H19FN4O3S. The second-order valence-electron chi connectivity index (χ2n) is 6.69. The van der Waals surface area contributed by atoms with E-state index in [4.69, 9.17) is 4.74 Å². The SMILES string of the molecule is CCn1cc(S(=O)(=O)Nc2ccc(Oc3cc(C)nc4ccc(F)cc34)cc2)cn1. The van der Waals surface area contributed by atoms with Gasteiger partial charge in [-0.05, 0) is 56.3 Å². The maximum absolute atomic E-state index is 13.7. The molecule has 0 bridgehead atoms. The van der Waals surface area contributed by atoms with Crippen molar-refractivity contribution in [3.05, 3.63) is 72.4 Å². The fraction of sp³-hybridized carbons (Fsp3) is 0.143. The van der Waals surface area contributed by atoms with Crippen LogP contribution < -0.4 is 9.46 Å². The van der Waals surface area contributed by atoms with Gasteiger partial charge < -0.3 is 4.74 Å². The number of pyridine rings is 1. The molecular weight excluding hydrogens is 407 g/mol. The minimum absolute atomic E-state index is 0.0884. The molecule has 0 unspecified atom stereocenters. The number of benzene rings is 2. The third-order valence-corrected chi connectivity index (χ3v) is 5.77. The van der Waals surface area contributed by atoms with E-state index in [0.717, 1.165) is 5.69 Å². The Balaban J connectivity index is 1.56. The van der Waals surface area contributed by atoms with E-state index in [1.165, 1.54) is 29.2 Å². The van der Waals surface area contributed by atoms with Crippen molar-refractivity contribution in [2.24, 2.45) is 0 Å². The molecule has 30 heavy (non-hydrogen) atoms. The maximum Gasteiger partial charge on any atom is 0.265 e. The number of aryl methyl sites for hydroxylation is 2. The average molecular weight is 426 g/mol. The van der Waals surface area contributed by atoms with Crippen molar-refractivity contribution in [1.82, 2.24) is 14.8 Å². The molecule has 154 valence electrons. The summed E-state index contributed by atoms with van der Waals surface area (Å²) in [6.07, 6.45) is 2.77. The van der Waals surface area contributed by atoms with Gasteiger partial charge in [0.25, 0.3) is 10.0 Å². The summed E-state index contributed by atoms with van der Waals surface area (Å²) in [5, 5.41) is 4.54. The summed E-state index contributed by atoms with van der Waals surface area (Å²) in [7, 11) is -3.74. The number of hydrogen-bond donors (Lipinski definition) is 1. The number of halogens is 1. The summed E-state index contributed by atoms with van der Waals surface area (Å²) in [4.78, 5) is 4.47. The van der Waals surface area contributed by atoms with E-state index in [1.807, 2.05) is 13.8 Å². The first-order valence-corrected chi connectivity index (χ1v) is 10.7. The highest BCUT2D eigenvalue weighted by atomic mass is 32.2. The number of sulfonamides is 1. The molecule has 7 nitrogen and oxygen atoms in total. The van der Waals surface area contributed by atoms with Gasteiger partial charge >= 0.3 is 0 Å². The standard InChI is InChI=1S/C21H19FN4O3S/c1-3-26-13-18(12-23-26)30(27,28)25-16-5-7-17(8-6-16)29-21-10-14(2)24-20-9-4-15(22)11-19(20)21/h4-13,25H,3H2,1-2H3. The number of aromatic nitrogens is 3. The topological polar surface area (TPSA) is 86.1 Å². The second-order valence-corrected chi connectivity index (χ2v) is 8.37. The summed E-state index contributed by atoms with van der Waals surface area (Å²) in [6, 6.07) is 12.5. The van der Waals surface area contributed by atoms with Gasteiger partial charge in [-0.3, -0.25) is 14.4 Å². The normalized spacial score (nSPS) is 11.6. The van der Waals surface area contributed by atoms with Crippen LogP contribution in [0.4, 0.5) is 10.1 Å². The van der Waals surface area contributed by atoms with Crippen molar-refractivity contribution >= 4 is 26.6 Å². The molecule has 0 atom stereocenters. The molecule has 0 fully saturated rings. The summed E-state index contributed by atoms with van der Waals surface area (Å²) < 4.78 is 48.6. The van der Waals surface area contributed by atoms with Crippen molar-refractivity contribution in [2.75, 3.05) is 4.72 Å². The highest BCUT2D eigenvalue weighted by molar-refractivity contribution is 7.92. The molecule has 0 aliphatic rings. The van der Waals surface area contributed by atoms with E-state index in [-0.39, 0.29) is 10.7 Å². The molecule has 4 aromatic rings. The smallest absolute Gasteiger partial charge is 0.265 e. The molecule has 2 aromatic heterocycles. The number of nitrogens with zero attached hydrogens (tertiary/aromatic N) is 3. The molecule has 9 heteroatoms. The molecule has 0 aliphatic carbocycles. The number of rotatable bonds is 6. The van der Waals surface area contributed by atoms with Crippen LogP contribution in [0.15, 0.2) is 65.8 Å². The van der Waals surface area contributed by atoms with Gasteiger partial charge in [-0.1, -0.05) is 0 Å². The lowest BCUT2D eigenvalue weighted by atomic mass is 10.2. The third-order valence-electron chi connectivity index (χ3n) is 4.44. The van der Waals surface area contributed by atoms with Gasteiger partial charge in [-0.25, -0.2) is 12.8 Å². The Kier molecular flexibility index (Phi) is 5.13. The monoisotopic (exact) mass is 426 g/mol. The van der Waals surface area contributed by atoms with Gasteiger partial charge in [0.05, 0.1) is 11.7 Å². The number of anilines is 1. The van der Waals surface area contributed by atoms with Gasteiger partial charge in [0.15, 0.2) is 0 Å². The van der Waals surface area contributed by atoms with Crippen molar-refractivity contribution in [1.29, 1.82) is 0 Å². The van der Waals surface area contributed by atoms with Gasteiger partial charge in [0.1, 0.15) is 22.2 Å². The van der Waals surface area contributed by atoms with E-state index in [2.05, 4.69) is 14.8 Å². The molecule has 0 saturated heterocycles. The minimum Gasteiger partial charge on any atom is -0.457 e. The van der Waals surface area contributed by atoms with E-state index < -0.39 is 10.0 Å². The van der Waals surface area contributed by atoms with Crippen LogP contribution in [0.3, 0.4) is 0 Å². The van der Waals surface area contributed by atoms with E-state index in [9.17, 15) is 12.8 Å². The predicted octanol–water partition coefficient (Wildman–Crippen LogP) is 4.49. The fourth-order valence-corrected chi connectivity index (χ4v) is 3.98. The predicted molar refractivity (Wildman–Crippen MR) is 112 cm³/mol. The second kappa shape index (κ2) is 7.75. The maximum atomic E-state index is 13.7. The van der Waals surface area contributed by atoms with Crippen LogP contribution in [-0.4, -0.2) is 23.2 Å². The Morgan fingerprint density at radius 1 is 1.13 bits per heavy atom. The zero-order chi connectivity index (χ0) is 21.3. The van der Waals surface area contributed by atoms with Crippen LogP contribution in [0, 0.1) is 12.7 Å². The first-order valence-electron chi connectivity index (χ1n) is 9.24. The number of fused-ring (bicyclic) bond motifs is 1. The summed E-state index contributed by atoms with van der Waals surface area (Å²) in [5.41, 5.74) is 1.75. The van der Waals surface area contributed by atoms with Crippen LogP contribution in [-0.2, 0) is 16.6 Å². The minimum atomic E-state index is -3.74. The first kappa shape index (κ1) is 19.8. The van der Waals surface area contributed by atoms with Crippen LogP contribution in [0.25, 0.3) is 10.9 Å². The summed E-state index contributed by atoms with van der Waals surface area (Å²) >= 11 is 0. The van der Waals surface area contributed by atoms with Crippen molar-refractivity contribution in [2.45, 2.75) is 25.3 Å². The molecule has 0 spiro atoms. The lowest BCUT2D eigenvalue weighted by molar-refractivity contribution is 0.487. The molecule has 0 amide bonds. The summed E-state index contributed by atoms with van der Waals surface area (Å²) in [6.45, 7) is 4.28. The zero-order valence-corrected chi connectivity index (χ0v) is 17.1. The fourth-order valence-electron chi connectivity index (χ4n) is 2.97. The van der Waals surface area contributed by atoms with Gasteiger partial charge in [-0.2, -0.15) is 5.10 Å². The van der Waals surface area contributed by atoms with Crippen molar-refractivity contribution < 1.29 is 17.5 Å². The Morgan fingerprint density at radius 3 is 2.60 bits per heavy atom. The van der Waals surface area contributed by atoms with Crippen LogP contribution in [0.5, 0.6) is 11.5 Å². The first-order chi connectivity index (χ1) is 14.3. The number of hydrogen-bond acceptors (Lipinski definition) is 5. The molecule has 1 N–H and O–H groups in total. The summed E-state index contributed by atoms with van der Waals surface area (Å²) in [5.74, 6) is 0.569. The quantitative estimate of drug-likeness (QED) is 0.491. The van der Waals surface area contributed by atoms with E-state index in [0.29, 0.717) is 34.6 Å². The van der Waals surface area contributed by atoms with Crippen molar-refractivity contribution in [3.8, 4) is 11.5 Å². The number of ether oxygens (including phenoxy) is 1. The zero-order valence-electron chi connectivity index (χ0n) is 16.3. The molecule has 0 radical (unpaired) electrons. The van der Waals surface area contributed by atoms with Crippen LogP contribution in [0.1, 0.15) is 12.6 Å². The Morgan fingerprint density at radius 2 is 1.90 bits per heavy atom. The molecule has 2 aromatic carbocycles. The molecule has 2 heterocycles. The molecule has 4 rings (SSSR count). The molecule has 0 aliphatic heterocycles. The van der Waals surface area contributed by atoms with Gasteiger partial charge in [0.2, 0.25) is 0 Å². The van der Waals surface area contributed by atoms with Gasteiger partial charge in [0, 0.05) is 35.6 Å². The highest BCUT2D eigenvalue weighted by Gasteiger charge is 2.16.